The summed E-state index contributed by atoms with van der Waals surface area (Å²) in [7, 11) is 1.30. The molecule has 1 aliphatic rings. The van der Waals surface area contributed by atoms with Crippen LogP contribution in [0.4, 0.5) is 10.1 Å². The highest BCUT2D eigenvalue weighted by atomic mass is 19.1. The Morgan fingerprint density at radius 1 is 1.32 bits per heavy atom. The molecule has 1 atom stereocenters. The van der Waals surface area contributed by atoms with Gasteiger partial charge in [0.15, 0.2) is 0 Å². The van der Waals surface area contributed by atoms with E-state index in [-0.39, 0.29) is 17.2 Å². The standard InChI is InChI=1S/C16H21FN2O3/c1-22-16(21)14(10-5-3-2-4-6-10)19-15(20)12-8-7-11(17)9-13(12)18/h7-10,14H,2-6,18H2,1H3,(H,19,20). The number of halogens is 1. The van der Waals surface area contributed by atoms with Gasteiger partial charge in [-0.1, -0.05) is 19.3 Å². The molecule has 0 radical (unpaired) electrons. The Morgan fingerprint density at radius 2 is 2.00 bits per heavy atom. The fourth-order valence-corrected chi connectivity index (χ4v) is 2.92. The van der Waals surface area contributed by atoms with E-state index in [2.05, 4.69) is 5.32 Å². The van der Waals surface area contributed by atoms with Crippen LogP contribution in [0.5, 0.6) is 0 Å². The predicted molar refractivity (Wildman–Crippen MR) is 80.7 cm³/mol. The van der Waals surface area contributed by atoms with Crippen molar-refractivity contribution in [3.05, 3.63) is 29.6 Å². The number of benzene rings is 1. The summed E-state index contributed by atoms with van der Waals surface area (Å²) in [4.78, 5) is 24.3. The fraction of sp³-hybridized carbons (Fsp3) is 0.500. The topological polar surface area (TPSA) is 81.4 Å². The fourth-order valence-electron chi connectivity index (χ4n) is 2.92. The summed E-state index contributed by atoms with van der Waals surface area (Å²) in [5, 5.41) is 2.70. The molecule has 6 heteroatoms. The van der Waals surface area contributed by atoms with Gasteiger partial charge in [-0.3, -0.25) is 4.79 Å². The van der Waals surface area contributed by atoms with Crippen molar-refractivity contribution < 1.29 is 18.7 Å². The Hall–Kier alpha value is -2.11. The van der Waals surface area contributed by atoms with Crippen LogP contribution >= 0.6 is 0 Å². The van der Waals surface area contributed by atoms with Crippen LogP contribution in [0, 0.1) is 11.7 Å². The number of nitrogen functional groups attached to an aromatic ring is 1. The zero-order chi connectivity index (χ0) is 16.1. The van der Waals surface area contributed by atoms with E-state index in [0.29, 0.717) is 0 Å². The average Bonchev–Trinajstić information content (AvgIpc) is 2.52. The third-order valence-electron chi connectivity index (χ3n) is 4.12. The largest absolute Gasteiger partial charge is 0.467 e. The highest BCUT2D eigenvalue weighted by Gasteiger charge is 2.32. The van der Waals surface area contributed by atoms with Crippen molar-refractivity contribution in [3.8, 4) is 0 Å². The minimum atomic E-state index is -0.692. The molecule has 3 N–H and O–H groups in total. The molecule has 120 valence electrons. The van der Waals surface area contributed by atoms with Gasteiger partial charge in [-0.05, 0) is 37.0 Å². The zero-order valence-corrected chi connectivity index (χ0v) is 12.6. The minimum Gasteiger partial charge on any atom is -0.467 e. The second kappa shape index (κ2) is 7.24. The third-order valence-corrected chi connectivity index (χ3v) is 4.12. The van der Waals surface area contributed by atoms with Crippen molar-refractivity contribution in [2.24, 2.45) is 5.92 Å². The van der Waals surface area contributed by atoms with Crippen LogP contribution < -0.4 is 11.1 Å². The Labute approximate surface area is 129 Å². The van der Waals surface area contributed by atoms with Gasteiger partial charge in [0, 0.05) is 5.69 Å². The molecule has 1 aliphatic carbocycles. The number of ether oxygens (including phenoxy) is 1. The van der Waals surface area contributed by atoms with E-state index in [1.807, 2.05) is 0 Å². The summed E-state index contributed by atoms with van der Waals surface area (Å²) in [5.74, 6) is -1.39. The van der Waals surface area contributed by atoms with Gasteiger partial charge < -0.3 is 15.8 Å². The quantitative estimate of drug-likeness (QED) is 0.660. The van der Waals surface area contributed by atoms with Gasteiger partial charge in [-0.15, -0.1) is 0 Å². The number of carbonyl (C=O) groups excluding carboxylic acids is 2. The first kappa shape index (κ1) is 16.3. The number of nitrogens with two attached hydrogens (primary N) is 1. The van der Waals surface area contributed by atoms with Crippen LogP contribution in [0.2, 0.25) is 0 Å². The van der Waals surface area contributed by atoms with Gasteiger partial charge in [0.25, 0.3) is 5.91 Å². The zero-order valence-electron chi connectivity index (χ0n) is 12.6. The Morgan fingerprint density at radius 3 is 2.59 bits per heavy atom. The van der Waals surface area contributed by atoms with Crippen LogP contribution in [-0.2, 0) is 9.53 Å². The van der Waals surface area contributed by atoms with Gasteiger partial charge >= 0.3 is 5.97 Å². The van der Waals surface area contributed by atoms with E-state index in [0.717, 1.165) is 38.2 Å². The average molecular weight is 308 g/mol. The first-order valence-electron chi connectivity index (χ1n) is 7.46. The molecule has 0 spiro atoms. The number of rotatable bonds is 4. The normalized spacial score (nSPS) is 16.8. The number of hydrogen-bond donors (Lipinski definition) is 2. The lowest BCUT2D eigenvalue weighted by Gasteiger charge is -2.29. The van der Waals surface area contributed by atoms with Gasteiger partial charge in [0.2, 0.25) is 0 Å². The molecule has 1 fully saturated rings. The maximum absolute atomic E-state index is 13.1. The molecule has 0 aliphatic heterocycles. The molecule has 1 aromatic rings. The lowest BCUT2D eigenvalue weighted by molar-refractivity contribution is -0.144. The maximum atomic E-state index is 13.1. The van der Waals surface area contributed by atoms with Gasteiger partial charge in [0.05, 0.1) is 12.7 Å². The second-order valence-corrected chi connectivity index (χ2v) is 5.60. The highest BCUT2D eigenvalue weighted by Crippen LogP contribution is 2.27. The van der Waals surface area contributed by atoms with E-state index in [1.54, 1.807) is 0 Å². The van der Waals surface area contributed by atoms with Crippen LogP contribution in [-0.4, -0.2) is 25.0 Å². The monoisotopic (exact) mass is 308 g/mol. The molecule has 0 heterocycles. The first-order chi connectivity index (χ1) is 10.5. The Bertz CT molecular complexity index is 556. The summed E-state index contributed by atoms with van der Waals surface area (Å²) < 4.78 is 17.9. The van der Waals surface area contributed by atoms with Gasteiger partial charge in [-0.2, -0.15) is 0 Å². The molecule has 0 aromatic heterocycles. The lowest BCUT2D eigenvalue weighted by Crippen LogP contribution is -2.47. The molecule has 22 heavy (non-hydrogen) atoms. The summed E-state index contributed by atoms with van der Waals surface area (Å²) >= 11 is 0. The third kappa shape index (κ3) is 3.75. The number of hydrogen-bond acceptors (Lipinski definition) is 4. The predicted octanol–water partition coefficient (Wildman–Crippen LogP) is 2.26. The van der Waals surface area contributed by atoms with Crippen LogP contribution in [0.3, 0.4) is 0 Å². The van der Waals surface area contributed by atoms with Crippen molar-refractivity contribution >= 4 is 17.6 Å². The highest BCUT2D eigenvalue weighted by molar-refractivity contribution is 6.01. The van der Waals surface area contributed by atoms with Crippen LogP contribution in [0.15, 0.2) is 18.2 Å². The number of carbonyl (C=O) groups is 2. The summed E-state index contributed by atoms with van der Waals surface area (Å²) in [6.45, 7) is 0. The molecule has 1 saturated carbocycles. The molecule has 1 unspecified atom stereocenters. The number of methoxy groups -OCH3 is 1. The van der Waals surface area contributed by atoms with Gasteiger partial charge in [-0.25, -0.2) is 9.18 Å². The van der Waals surface area contributed by atoms with Gasteiger partial charge in [0.1, 0.15) is 11.9 Å². The molecule has 0 bridgehead atoms. The van der Waals surface area contributed by atoms with Crippen molar-refractivity contribution in [2.45, 2.75) is 38.1 Å². The molecule has 1 aromatic carbocycles. The lowest BCUT2D eigenvalue weighted by atomic mass is 9.83. The van der Waals surface area contributed by atoms with E-state index in [4.69, 9.17) is 10.5 Å². The molecule has 2 rings (SSSR count). The Balaban J connectivity index is 2.15. The summed E-state index contributed by atoms with van der Waals surface area (Å²) in [6.07, 6.45) is 4.96. The summed E-state index contributed by atoms with van der Waals surface area (Å²) in [6, 6.07) is 2.87. The van der Waals surface area contributed by atoms with E-state index < -0.39 is 23.7 Å². The molecule has 5 nitrogen and oxygen atoms in total. The number of nitrogens with one attached hydrogen (secondary N) is 1. The number of esters is 1. The maximum Gasteiger partial charge on any atom is 0.328 e. The first-order valence-corrected chi connectivity index (χ1v) is 7.46. The molecule has 1 amide bonds. The number of anilines is 1. The van der Waals surface area contributed by atoms with Crippen LogP contribution in [0.25, 0.3) is 0 Å². The minimum absolute atomic E-state index is 0.0461. The van der Waals surface area contributed by atoms with Crippen molar-refractivity contribution in [1.82, 2.24) is 5.32 Å². The molecular weight excluding hydrogens is 287 g/mol. The SMILES string of the molecule is COC(=O)C(NC(=O)c1ccc(F)cc1N)C1CCCCC1. The summed E-state index contributed by atoms with van der Waals surface area (Å²) in [5.41, 5.74) is 5.87. The van der Waals surface area contributed by atoms with E-state index in [1.165, 1.54) is 19.2 Å². The van der Waals surface area contributed by atoms with Crippen molar-refractivity contribution in [1.29, 1.82) is 0 Å². The van der Waals surface area contributed by atoms with E-state index >= 15 is 0 Å². The smallest absolute Gasteiger partial charge is 0.328 e. The van der Waals surface area contributed by atoms with Crippen molar-refractivity contribution in [3.63, 3.8) is 0 Å². The second-order valence-electron chi connectivity index (χ2n) is 5.60. The van der Waals surface area contributed by atoms with Crippen molar-refractivity contribution in [2.75, 3.05) is 12.8 Å². The Kier molecular flexibility index (Phi) is 5.35. The van der Waals surface area contributed by atoms with E-state index in [9.17, 15) is 14.0 Å². The molecule has 0 saturated heterocycles. The number of amides is 1. The molecular formula is C16H21FN2O3. The van der Waals surface area contributed by atoms with Crippen LogP contribution in [0.1, 0.15) is 42.5 Å².